The first-order valence-electron chi connectivity index (χ1n) is 8.42. The van der Waals surface area contributed by atoms with Gasteiger partial charge in [0.15, 0.2) is 0 Å². The second-order valence-electron chi connectivity index (χ2n) is 8.65. The van der Waals surface area contributed by atoms with E-state index >= 15 is 0 Å². The van der Waals surface area contributed by atoms with Crippen molar-refractivity contribution in [2.45, 2.75) is 73.0 Å². The highest BCUT2D eigenvalue weighted by Crippen LogP contribution is 2.28. The summed E-state index contributed by atoms with van der Waals surface area (Å²) >= 11 is 0. The first-order valence-corrected chi connectivity index (χ1v) is 8.42. The van der Waals surface area contributed by atoms with E-state index < -0.39 is 0 Å². The Morgan fingerprint density at radius 1 is 1.05 bits per heavy atom. The van der Waals surface area contributed by atoms with Crippen molar-refractivity contribution in [2.75, 3.05) is 0 Å². The molecule has 0 aliphatic carbocycles. The molecule has 0 aliphatic rings. The zero-order valence-corrected chi connectivity index (χ0v) is 15.3. The number of aromatic nitrogens is 1. The number of nitrogens with zero attached hydrogens (tertiary/aromatic N) is 1. The average Bonchev–Trinajstić information content (AvgIpc) is 2.73. The standard InChI is InChI=1S/C20H32N2/c1-15(2)22-13-16(17-10-8-9-11-18(17)22)12-21-20(6,7)14-19(3,4)5/h8-11,13,15,21H,12,14H2,1-7H3. The first-order chi connectivity index (χ1) is 10.1. The fourth-order valence-corrected chi connectivity index (χ4v) is 3.57. The lowest BCUT2D eigenvalue weighted by atomic mass is 9.82. The molecule has 2 nitrogen and oxygen atoms in total. The van der Waals surface area contributed by atoms with E-state index in [1.807, 2.05) is 0 Å². The van der Waals surface area contributed by atoms with E-state index in [0.717, 1.165) is 13.0 Å². The molecule has 0 atom stereocenters. The minimum atomic E-state index is 0.138. The topological polar surface area (TPSA) is 17.0 Å². The van der Waals surface area contributed by atoms with Crippen LogP contribution in [0.2, 0.25) is 0 Å². The summed E-state index contributed by atoms with van der Waals surface area (Å²) in [6.07, 6.45) is 3.47. The van der Waals surface area contributed by atoms with Gasteiger partial charge in [0.25, 0.3) is 0 Å². The lowest BCUT2D eigenvalue weighted by molar-refractivity contribution is 0.241. The maximum Gasteiger partial charge on any atom is 0.0486 e. The number of fused-ring (bicyclic) bond motifs is 1. The molecule has 1 N–H and O–H groups in total. The Hall–Kier alpha value is -1.28. The number of rotatable bonds is 5. The molecule has 2 rings (SSSR count). The number of nitrogens with one attached hydrogen (secondary N) is 1. The fraction of sp³-hybridized carbons (Fsp3) is 0.600. The normalized spacial score (nSPS) is 13.3. The summed E-state index contributed by atoms with van der Waals surface area (Å²) in [7, 11) is 0. The van der Waals surface area contributed by atoms with Gasteiger partial charge in [-0.25, -0.2) is 0 Å². The van der Waals surface area contributed by atoms with Crippen molar-refractivity contribution < 1.29 is 0 Å². The lowest BCUT2D eigenvalue weighted by Gasteiger charge is -2.33. The Balaban J connectivity index is 2.22. The van der Waals surface area contributed by atoms with Crippen LogP contribution in [0.1, 0.15) is 66.5 Å². The van der Waals surface area contributed by atoms with Crippen LogP contribution in [0.15, 0.2) is 30.5 Å². The van der Waals surface area contributed by atoms with Gasteiger partial charge in [0.05, 0.1) is 0 Å². The van der Waals surface area contributed by atoms with Crippen LogP contribution in [0.3, 0.4) is 0 Å². The van der Waals surface area contributed by atoms with Crippen LogP contribution in [-0.2, 0) is 6.54 Å². The van der Waals surface area contributed by atoms with Crippen molar-refractivity contribution in [3.8, 4) is 0 Å². The van der Waals surface area contributed by atoms with Gasteiger partial charge in [0.1, 0.15) is 0 Å². The van der Waals surface area contributed by atoms with Crippen LogP contribution in [-0.4, -0.2) is 10.1 Å². The van der Waals surface area contributed by atoms with Gasteiger partial charge >= 0.3 is 0 Å². The first kappa shape index (κ1) is 17.1. The Morgan fingerprint density at radius 3 is 2.27 bits per heavy atom. The van der Waals surface area contributed by atoms with Crippen LogP contribution < -0.4 is 5.32 Å². The Labute approximate surface area is 135 Å². The van der Waals surface area contributed by atoms with Crippen molar-refractivity contribution in [3.05, 3.63) is 36.0 Å². The van der Waals surface area contributed by atoms with Gasteiger partial charge in [-0.2, -0.15) is 0 Å². The zero-order chi connectivity index (χ0) is 16.5. The number of benzene rings is 1. The Kier molecular flexibility index (Phi) is 4.72. The molecule has 0 saturated carbocycles. The largest absolute Gasteiger partial charge is 0.345 e. The third-order valence-electron chi connectivity index (χ3n) is 4.11. The predicted octanol–water partition coefficient (Wildman–Crippen LogP) is 5.53. The highest BCUT2D eigenvalue weighted by atomic mass is 15.0. The van der Waals surface area contributed by atoms with Crippen LogP contribution >= 0.6 is 0 Å². The van der Waals surface area contributed by atoms with E-state index in [1.165, 1.54) is 16.5 Å². The predicted molar refractivity (Wildman–Crippen MR) is 97.3 cm³/mol. The van der Waals surface area contributed by atoms with Gasteiger partial charge in [0, 0.05) is 35.2 Å². The van der Waals surface area contributed by atoms with Gasteiger partial charge in [-0.3, -0.25) is 0 Å². The molecule has 0 aliphatic heterocycles. The summed E-state index contributed by atoms with van der Waals surface area (Å²) in [6.45, 7) is 16.9. The monoisotopic (exact) mass is 300 g/mol. The van der Waals surface area contributed by atoms with Crippen molar-refractivity contribution in [2.24, 2.45) is 5.41 Å². The highest BCUT2D eigenvalue weighted by Gasteiger charge is 2.25. The molecule has 0 radical (unpaired) electrons. The van der Waals surface area contributed by atoms with E-state index in [1.54, 1.807) is 0 Å². The average molecular weight is 300 g/mol. The highest BCUT2D eigenvalue weighted by molar-refractivity contribution is 5.84. The number of para-hydroxylation sites is 1. The summed E-state index contributed by atoms with van der Waals surface area (Å²) in [6, 6.07) is 9.21. The molecule has 22 heavy (non-hydrogen) atoms. The van der Waals surface area contributed by atoms with Crippen LogP contribution in [0.25, 0.3) is 10.9 Å². The molecule has 0 bridgehead atoms. The van der Waals surface area contributed by atoms with Gasteiger partial charge in [-0.1, -0.05) is 39.0 Å². The van der Waals surface area contributed by atoms with Crippen molar-refractivity contribution in [1.82, 2.24) is 9.88 Å². The van der Waals surface area contributed by atoms with Crippen LogP contribution in [0, 0.1) is 5.41 Å². The minimum absolute atomic E-state index is 0.138. The summed E-state index contributed by atoms with van der Waals surface area (Å²) in [5, 5.41) is 5.13. The van der Waals surface area contributed by atoms with Crippen molar-refractivity contribution in [3.63, 3.8) is 0 Å². The van der Waals surface area contributed by atoms with Gasteiger partial charge in [0.2, 0.25) is 0 Å². The van der Waals surface area contributed by atoms with E-state index in [4.69, 9.17) is 0 Å². The quantitative estimate of drug-likeness (QED) is 0.768. The van der Waals surface area contributed by atoms with Crippen LogP contribution in [0.4, 0.5) is 0 Å². The molecule has 0 amide bonds. The zero-order valence-electron chi connectivity index (χ0n) is 15.3. The minimum Gasteiger partial charge on any atom is -0.345 e. The van der Waals surface area contributed by atoms with Crippen molar-refractivity contribution in [1.29, 1.82) is 0 Å². The lowest BCUT2D eigenvalue weighted by Crippen LogP contribution is -2.41. The fourth-order valence-electron chi connectivity index (χ4n) is 3.57. The molecule has 0 saturated heterocycles. The molecular formula is C20H32N2. The van der Waals surface area contributed by atoms with Crippen LogP contribution in [0.5, 0.6) is 0 Å². The maximum absolute atomic E-state index is 3.76. The van der Waals surface area contributed by atoms with Gasteiger partial charge in [-0.05, 0) is 51.2 Å². The van der Waals surface area contributed by atoms with E-state index in [2.05, 4.69) is 88.8 Å². The Bertz CT molecular complexity index is 627. The second kappa shape index (κ2) is 6.08. The molecule has 122 valence electrons. The summed E-state index contributed by atoms with van der Waals surface area (Å²) in [4.78, 5) is 0. The molecule has 1 aromatic carbocycles. The summed E-state index contributed by atoms with van der Waals surface area (Å²) in [5.41, 5.74) is 3.20. The van der Waals surface area contributed by atoms with Gasteiger partial charge in [-0.15, -0.1) is 0 Å². The maximum atomic E-state index is 3.76. The van der Waals surface area contributed by atoms with Gasteiger partial charge < -0.3 is 9.88 Å². The summed E-state index contributed by atoms with van der Waals surface area (Å²) < 4.78 is 2.38. The number of hydrogen-bond acceptors (Lipinski definition) is 1. The van der Waals surface area contributed by atoms with E-state index in [-0.39, 0.29) is 5.54 Å². The molecule has 0 spiro atoms. The molecule has 2 heteroatoms. The Morgan fingerprint density at radius 2 is 1.68 bits per heavy atom. The summed E-state index contributed by atoms with van der Waals surface area (Å²) in [5.74, 6) is 0. The SMILES string of the molecule is CC(C)n1cc(CNC(C)(C)CC(C)(C)C)c2ccccc21. The molecule has 0 fully saturated rings. The molecule has 0 unspecified atom stereocenters. The van der Waals surface area contributed by atoms with E-state index in [9.17, 15) is 0 Å². The number of hydrogen-bond donors (Lipinski definition) is 1. The smallest absolute Gasteiger partial charge is 0.0486 e. The molecular weight excluding hydrogens is 268 g/mol. The van der Waals surface area contributed by atoms with Crippen molar-refractivity contribution >= 4 is 10.9 Å². The molecule has 2 aromatic rings. The molecule has 1 aromatic heterocycles. The third kappa shape index (κ3) is 4.13. The van der Waals surface area contributed by atoms with E-state index in [0.29, 0.717) is 11.5 Å². The third-order valence-corrected chi connectivity index (χ3v) is 4.11. The molecule has 1 heterocycles. The second-order valence-corrected chi connectivity index (χ2v) is 8.65.